The fourth-order valence-electron chi connectivity index (χ4n) is 5.84. The first-order valence-corrected chi connectivity index (χ1v) is 14.7. The van der Waals surface area contributed by atoms with Crippen molar-refractivity contribution in [2.24, 2.45) is 0 Å². The lowest BCUT2D eigenvalue weighted by Gasteiger charge is -2.21. The standard InChI is InChI=1S/C34H22N3OP/c38-39(24-13-3-1-4-14-24,25-15-5-2-6-16-25)31-21-11-12-23-22-27-33(36-32(23)31)26-17-7-9-19-29(26)37-30-20-10-8-18-28(30)35-34(27)37/h1-22H. The normalized spacial score (nSPS) is 12.2. The topological polar surface area (TPSA) is 47.3 Å². The van der Waals surface area contributed by atoms with Crippen molar-refractivity contribution in [1.29, 1.82) is 0 Å². The summed E-state index contributed by atoms with van der Waals surface area (Å²) >= 11 is 0. The zero-order chi connectivity index (χ0) is 26.0. The van der Waals surface area contributed by atoms with Gasteiger partial charge in [0.2, 0.25) is 0 Å². The number of nitrogens with zero attached hydrogens (tertiary/aromatic N) is 3. The Kier molecular flexibility index (Phi) is 4.76. The maximum atomic E-state index is 15.3. The maximum Gasteiger partial charge on any atom is 0.173 e. The van der Waals surface area contributed by atoms with Gasteiger partial charge in [0.25, 0.3) is 0 Å². The Balaban J connectivity index is 1.54. The van der Waals surface area contributed by atoms with Gasteiger partial charge < -0.3 is 4.57 Å². The van der Waals surface area contributed by atoms with Gasteiger partial charge in [0, 0.05) is 32.1 Å². The number of hydrogen-bond donors (Lipinski definition) is 0. The molecule has 5 heteroatoms. The molecule has 0 aliphatic carbocycles. The summed E-state index contributed by atoms with van der Waals surface area (Å²) < 4.78 is 17.5. The van der Waals surface area contributed by atoms with Crippen LogP contribution in [-0.2, 0) is 4.57 Å². The average molecular weight is 520 g/mol. The molecule has 0 aliphatic heterocycles. The molecule has 0 saturated carbocycles. The van der Waals surface area contributed by atoms with Crippen LogP contribution in [0.25, 0.3) is 49.4 Å². The Bertz CT molecular complexity index is 2210. The molecule has 0 unspecified atom stereocenters. The van der Waals surface area contributed by atoms with Gasteiger partial charge in [-0.05, 0) is 30.3 Å². The van der Waals surface area contributed by atoms with E-state index in [-0.39, 0.29) is 0 Å². The van der Waals surface area contributed by atoms with Crippen molar-refractivity contribution in [2.45, 2.75) is 0 Å². The van der Waals surface area contributed by atoms with Crippen LogP contribution < -0.4 is 15.9 Å². The molecule has 0 atom stereocenters. The zero-order valence-electron chi connectivity index (χ0n) is 20.9. The summed E-state index contributed by atoms with van der Waals surface area (Å²) in [7, 11) is -3.22. The highest BCUT2D eigenvalue weighted by atomic mass is 31.2. The first-order chi connectivity index (χ1) is 19.2. The van der Waals surface area contributed by atoms with Crippen LogP contribution in [-0.4, -0.2) is 14.4 Å². The lowest BCUT2D eigenvalue weighted by molar-refractivity contribution is 0.592. The summed E-state index contributed by atoms with van der Waals surface area (Å²) in [5.74, 6) is 0. The average Bonchev–Trinajstić information content (AvgIpc) is 3.41. The molecule has 8 aromatic rings. The SMILES string of the molecule is O=P(c1ccccc1)(c1ccccc1)c1cccc2cc3c(nc12)c1ccccc1n1c2ccccc2nc31. The van der Waals surface area contributed by atoms with Gasteiger partial charge in [-0.15, -0.1) is 0 Å². The predicted molar refractivity (Wildman–Crippen MR) is 162 cm³/mol. The Labute approximate surface area is 224 Å². The lowest BCUT2D eigenvalue weighted by Crippen LogP contribution is -2.25. The molecule has 0 fully saturated rings. The van der Waals surface area contributed by atoms with Crippen molar-refractivity contribution < 1.29 is 4.57 Å². The van der Waals surface area contributed by atoms with Gasteiger partial charge in [-0.25, -0.2) is 9.97 Å². The molecule has 0 bridgehead atoms. The minimum absolute atomic E-state index is 0.747. The van der Waals surface area contributed by atoms with Crippen LogP contribution in [0.3, 0.4) is 0 Å². The monoisotopic (exact) mass is 519 g/mol. The fourth-order valence-corrected chi connectivity index (χ4v) is 8.65. The number of pyridine rings is 2. The van der Waals surface area contributed by atoms with Crippen molar-refractivity contribution in [3.8, 4) is 0 Å². The van der Waals surface area contributed by atoms with Crippen LogP contribution in [0, 0.1) is 0 Å². The summed E-state index contributed by atoms with van der Waals surface area (Å²) in [5.41, 5.74) is 5.55. The van der Waals surface area contributed by atoms with Crippen LogP contribution >= 0.6 is 7.14 Å². The second-order valence-electron chi connectivity index (χ2n) is 9.79. The van der Waals surface area contributed by atoms with E-state index in [2.05, 4.69) is 34.7 Å². The third-order valence-corrected chi connectivity index (χ3v) is 10.7. The van der Waals surface area contributed by atoms with E-state index in [4.69, 9.17) is 9.97 Å². The summed E-state index contributed by atoms with van der Waals surface area (Å²) in [6, 6.07) is 44.3. The maximum absolute atomic E-state index is 15.3. The van der Waals surface area contributed by atoms with Crippen molar-refractivity contribution in [3.63, 3.8) is 0 Å². The van der Waals surface area contributed by atoms with Crippen LogP contribution in [0.2, 0.25) is 0 Å². The second kappa shape index (κ2) is 8.36. The molecule has 0 spiro atoms. The number of hydrogen-bond acceptors (Lipinski definition) is 3. The Morgan fingerprint density at radius 3 is 1.92 bits per heavy atom. The molecule has 0 N–H and O–H groups in total. The number of imidazole rings is 1. The van der Waals surface area contributed by atoms with Crippen LogP contribution in [0.5, 0.6) is 0 Å². The highest BCUT2D eigenvalue weighted by molar-refractivity contribution is 7.85. The van der Waals surface area contributed by atoms with E-state index in [0.29, 0.717) is 0 Å². The molecule has 0 saturated heterocycles. The molecule has 3 aromatic heterocycles. The number of benzene rings is 5. The Morgan fingerprint density at radius 2 is 1.18 bits per heavy atom. The van der Waals surface area contributed by atoms with Crippen LogP contribution in [0.1, 0.15) is 0 Å². The molecule has 0 amide bonds. The van der Waals surface area contributed by atoms with Gasteiger partial charge in [-0.3, -0.25) is 4.40 Å². The van der Waals surface area contributed by atoms with Gasteiger partial charge in [0.1, 0.15) is 5.65 Å². The van der Waals surface area contributed by atoms with E-state index in [1.165, 1.54) is 0 Å². The number of aromatic nitrogens is 3. The van der Waals surface area contributed by atoms with Gasteiger partial charge in [-0.2, -0.15) is 0 Å². The Morgan fingerprint density at radius 1 is 0.538 bits per heavy atom. The molecule has 184 valence electrons. The minimum Gasteiger partial charge on any atom is -0.309 e. The Hall–Kier alpha value is -4.79. The first kappa shape index (κ1) is 22.2. The third kappa shape index (κ3) is 3.16. The third-order valence-electron chi connectivity index (χ3n) is 7.61. The van der Waals surface area contributed by atoms with Crippen molar-refractivity contribution >= 4 is 72.4 Å². The molecule has 5 aromatic carbocycles. The molecule has 39 heavy (non-hydrogen) atoms. The molecular formula is C34H22N3OP. The van der Waals surface area contributed by atoms with Crippen LogP contribution in [0.4, 0.5) is 0 Å². The number of para-hydroxylation sites is 4. The number of fused-ring (bicyclic) bond motifs is 9. The van der Waals surface area contributed by atoms with Gasteiger partial charge in [0.15, 0.2) is 7.14 Å². The summed E-state index contributed by atoms with van der Waals surface area (Å²) in [5, 5.41) is 5.29. The van der Waals surface area contributed by atoms with E-state index in [1.54, 1.807) is 0 Å². The van der Waals surface area contributed by atoms with E-state index in [0.717, 1.165) is 65.3 Å². The fraction of sp³-hybridized carbons (Fsp3) is 0. The highest BCUT2D eigenvalue weighted by Crippen LogP contribution is 2.44. The molecule has 8 rings (SSSR count). The second-order valence-corrected chi connectivity index (χ2v) is 12.5. The highest BCUT2D eigenvalue weighted by Gasteiger charge is 2.32. The van der Waals surface area contributed by atoms with Crippen molar-refractivity contribution in [3.05, 3.63) is 133 Å². The summed E-state index contributed by atoms with van der Waals surface area (Å²) in [6.45, 7) is 0. The first-order valence-electron chi connectivity index (χ1n) is 13.0. The van der Waals surface area contributed by atoms with Crippen molar-refractivity contribution in [1.82, 2.24) is 14.4 Å². The molecular weight excluding hydrogens is 497 g/mol. The van der Waals surface area contributed by atoms with Gasteiger partial charge >= 0.3 is 0 Å². The van der Waals surface area contributed by atoms with E-state index in [9.17, 15) is 0 Å². The largest absolute Gasteiger partial charge is 0.309 e. The predicted octanol–water partition coefficient (Wildman–Crippen LogP) is 6.98. The molecule has 3 heterocycles. The molecule has 0 radical (unpaired) electrons. The molecule has 4 nitrogen and oxygen atoms in total. The van der Waals surface area contributed by atoms with Gasteiger partial charge in [0.05, 0.1) is 27.6 Å². The quantitative estimate of drug-likeness (QED) is 0.144. The van der Waals surface area contributed by atoms with Crippen LogP contribution in [0.15, 0.2) is 133 Å². The van der Waals surface area contributed by atoms with Gasteiger partial charge in [-0.1, -0.05) is 103 Å². The summed E-state index contributed by atoms with van der Waals surface area (Å²) in [6.07, 6.45) is 0. The van der Waals surface area contributed by atoms with E-state index >= 15 is 4.57 Å². The number of rotatable bonds is 3. The van der Waals surface area contributed by atoms with E-state index in [1.807, 2.05) is 103 Å². The summed E-state index contributed by atoms with van der Waals surface area (Å²) in [4.78, 5) is 10.4. The van der Waals surface area contributed by atoms with E-state index < -0.39 is 7.14 Å². The zero-order valence-corrected chi connectivity index (χ0v) is 21.8. The smallest absolute Gasteiger partial charge is 0.173 e. The van der Waals surface area contributed by atoms with Crippen molar-refractivity contribution in [2.75, 3.05) is 0 Å². The lowest BCUT2D eigenvalue weighted by atomic mass is 10.1. The minimum atomic E-state index is -3.22. The molecule has 0 aliphatic rings.